The van der Waals surface area contributed by atoms with Crippen molar-refractivity contribution in [2.24, 2.45) is 56.7 Å². The van der Waals surface area contributed by atoms with Gasteiger partial charge < -0.3 is 9.84 Å². The Balaban J connectivity index is 1.41. The van der Waals surface area contributed by atoms with Gasteiger partial charge in [0.05, 0.1) is 23.7 Å². The maximum Gasteiger partial charge on any atom is 0.143 e. The number of aliphatic hydroxyl groups excluding tert-OH is 1. The molecule has 4 saturated carbocycles. The summed E-state index contributed by atoms with van der Waals surface area (Å²) in [4.78, 5) is 13.7. The highest BCUT2D eigenvalue weighted by Gasteiger charge is 2.74. The van der Waals surface area contributed by atoms with Crippen LogP contribution in [0.15, 0.2) is 17.4 Å². The molecular formula is C30H46O3. The van der Waals surface area contributed by atoms with Crippen molar-refractivity contribution in [2.45, 2.75) is 107 Å². The maximum atomic E-state index is 13.7. The largest absolute Gasteiger partial charge is 0.390 e. The highest BCUT2D eigenvalue weighted by molar-refractivity contribution is 5.89. The minimum Gasteiger partial charge on any atom is -0.390 e. The normalized spacial score (nSPS) is 48.2. The number of allylic oxidation sites excluding steroid dienone is 1. The van der Waals surface area contributed by atoms with E-state index in [1.54, 1.807) is 0 Å². The van der Waals surface area contributed by atoms with Gasteiger partial charge in [-0.05, 0) is 72.3 Å². The molecule has 0 heterocycles. The zero-order valence-corrected chi connectivity index (χ0v) is 22.6. The number of rotatable bonds is 4. The van der Waals surface area contributed by atoms with Gasteiger partial charge in [0.2, 0.25) is 0 Å². The summed E-state index contributed by atoms with van der Waals surface area (Å²) < 4.78 is 6.87. The lowest BCUT2D eigenvalue weighted by Gasteiger charge is -2.46. The first kappa shape index (κ1) is 23.8. The molecule has 0 aromatic carbocycles. The molecule has 0 aromatic rings. The Hall–Kier alpha value is -0.890. The highest BCUT2D eigenvalue weighted by Crippen LogP contribution is 2.75. The smallest absolute Gasteiger partial charge is 0.143 e. The summed E-state index contributed by atoms with van der Waals surface area (Å²) >= 11 is 0. The van der Waals surface area contributed by atoms with Gasteiger partial charge in [0.1, 0.15) is 5.78 Å². The fourth-order valence-electron chi connectivity index (χ4n) is 9.53. The summed E-state index contributed by atoms with van der Waals surface area (Å²) in [6.07, 6.45) is 4.26. The molecule has 0 saturated heterocycles. The standard InChI is InChI=1S/C30H46O3/c1-16(30(27(5,6)7)15-28(30,8)9)33-25-23-18-13-20(31)29(10,14-26(2,3)4)19-12-11-17(19)22(21(18)23)24(25)32/h11,16-18,21-25,32H,13-15H2,1-10H3. The minimum atomic E-state index is -0.456. The van der Waals surface area contributed by atoms with Crippen molar-refractivity contribution in [1.29, 1.82) is 0 Å². The molecule has 0 amide bonds. The van der Waals surface area contributed by atoms with E-state index in [9.17, 15) is 9.90 Å². The van der Waals surface area contributed by atoms with Crippen LogP contribution in [0.2, 0.25) is 0 Å². The summed E-state index contributed by atoms with van der Waals surface area (Å²) in [6, 6.07) is 0. The molecule has 0 bridgehead atoms. The Labute approximate surface area is 201 Å². The van der Waals surface area contributed by atoms with Crippen molar-refractivity contribution in [3.63, 3.8) is 0 Å². The summed E-state index contributed by atoms with van der Waals surface area (Å²) in [5.41, 5.74) is 4.72. The second-order valence-corrected chi connectivity index (χ2v) is 15.4. The monoisotopic (exact) mass is 454 g/mol. The van der Waals surface area contributed by atoms with E-state index >= 15 is 0 Å². The Bertz CT molecular complexity index is 939. The van der Waals surface area contributed by atoms with Gasteiger partial charge in [-0.25, -0.2) is 0 Å². The van der Waals surface area contributed by atoms with Gasteiger partial charge in [-0.3, -0.25) is 4.79 Å². The van der Waals surface area contributed by atoms with Gasteiger partial charge >= 0.3 is 0 Å². The van der Waals surface area contributed by atoms with Crippen molar-refractivity contribution in [1.82, 2.24) is 0 Å². The van der Waals surface area contributed by atoms with E-state index in [0.717, 1.165) is 18.4 Å². The summed E-state index contributed by atoms with van der Waals surface area (Å²) in [5, 5.41) is 11.6. The number of hydrogen-bond acceptors (Lipinski definition) is 3. The maximum absolute atomic E-state index is 13.7. The molecule has 1 N–H and O–H groups in total. The van der Waals surface area contributed by atoms with E-state index < -0.39 is 11.5 Å². The van der Waals surface area contributed by atoms with Gasteiger partial charge in [0.25, 0.3) is 0 Å². The number of ether oxygens (including phenoxy) is 1. The van der Waals surface area contributed by atoms with Crippen LogP contribution in [0.4, 0.5) is 0 Å². The van der Waals surface area contributed by atoms with Crippen LogP contribution < -0.4 is 0 Å². The van der Waals surface area contributed by atoms with Crippen LogP contribution in [0.3, 0.4) is 0 Å². The third-order valence-corrected chi connectivity index (χ3v) is 10.7. The Morgan fingerprint density at radius 3 is 2.18 bits per heavy atom. The van der Waals surface area contributed by atoms with Crippen LogP contribution in [0, 0.1) is 56.7 Å². The van der Waals surface area contributed by atoms with Crippen LogP contribution in [0.25, 0.3) is 0 Å². The molecule has 184 valence electrons. The van der Waals surface area contributed by atoms with E-state index in [0.29, 0.717) is 30.0 Å². The molecule has 10 atom stereocenters. The molecule has 3 nitrogen and oxygen atoms in total. The van der Waals surface area contributed by atoms with Crippen LogP contribution in [-0.2, 0) is 9.53 Å². The van der Waals surface area contributed by atoms with E-state index in [1.807, 2.05) is 0 Å². The van der Waals surface area contributed by atoms with E-state index in [1.165, 1.54) is 0 Å². The van der Waals surface area contributed by atoms with Gasteiger partial charge in [-0.2, -0.15) is 0 Å². The van der Waals surface area contributed by atoms with Crippen LogP contribution in [-0.4, -0.2) is 29.2 Å². The molecule has 5 rings (SSSR count). The zero-order chi connectivity index (χ0) is 24.5. The van der Waals surface area contributed by atoms with Crippen molar-refractivity contribution < 1.29 is 14.6 Å². The first-order chi connectivity index (χ1) is 15.0. The van der Waals surface area contributed by atoms with E-state index in [4.69, 9.17) is 4.74 Å². The number of hydrogen-bond donors (Lipinski definition) is 1. The Kier molecular flexibility index (Phi) is 4.81. The topological polar surface area (TPSA) is 46.5 Å². The molecule has 33 heavy (non-hydrogen) atoms. The lowest BCUT2D eigenvalue weighted by molar-refractivity contribution is -0.139. The predicted molar refractivity (Wildman–Crippen MR) is 131 cm³/mol. The molecule has 5 aliphatic rings. The van der Waals surface area contributed by atoms with Gasteiger partial charge in [-0.1, -0.05) is 55.4 Å². The molecule has 10 unspecified atom stereocenters. The van der Waals surface area contributed by atoms with Crippen molar-refractivity contribution in [3.8, 4) is 0 Å². The molecular weight excluding hydrogens is 408 g/mol. The van der Waals surface area contributed by atoms with Gasteiger partial charge in [0, 0.05) is 23.7 Å². The minimum absolute atomic E-state index is 0.0679. The Morgan fingerprint density at radius 1 is 1.12 bits per heavy atom. The number of aliphatic hydroxyl groups is 1. The first-order valence-corrected chi connectivity index (χ1v) is 13.3. The van der Waals surface area contributed by atoms with Crippen LogP contribution in [0.5, 0.6) is 0 Å². The average molecular weight is 455 g/mol. The van der Waals surface area contributed by atoms with Crippen LogP contribution >= 0.6 is 0 Å². The second-order valence-electron chi connectivity index (χ2n) is 15.4. The molecule has 0 aliphatic heterocycles. The van der Waals surface area contributed by atoms with E-state index in [-0.39, 0.29) is 45.7 Å². The SMILES string of the molecule is CC(OC1C(O)C2C3C=C=C3C(C)(CC(C)(C)C)C(=O)CC3C1C32)C1(C(C)(C)C)CC1(C)C. The number of ketones is 1. The number of Topliss-reactive ketones (excluding diaryl/α,β-unsaturated/α-hetero) is 1. The van der Waals surface area contributed by atoms with Gasteiger partial charge in [0.15, 0.2) is 0 Å². The van der Waals surface area contributed by atoms with Crippen molar-refractivity contribution >= 4 is 5.78 Å². The molecule has 3 heteroatoms. The lowest BCUT2D eigenvalue weighted by Crippen LogP contribution is -2.48. The lowest BCUT2D eigenvalue weighted by atomic mass is 9.58. The predicted octanol–water partition coefficient (Wildman–Crippen LogP) is 6.20. The zero-order valence-electron chi connectivity index (χ0n) is 22.6. The Morgan fingerprint density at radius 2 is 1.73 bits per heavy atom. The first-order valence-electron chi connectivity index (χ1n) is 13.3. The molecule has 0 radical (unpaired) electrons. The third kappa shape index (κ3) is 3.11. The van der Waals surface area contributed by atoms with Crippen molar-refractivity contribution in [2.75, 3.05) is 0 Å². The highest BCUT2D eigenvalue weighted by atomic mass is 16.5. The third-order valence-electron chi connectivity index (χ3n) is 10.7. The molecule has 0 aromatic heterocycles. The van der Waals surface area contributed by atoms with Crippen molar-refractivity contribution in [3.05, 3.63) is 17.4 Å². The molecule has 5 aliphatic carbocycles. The summed E-state index contributed by atoms with van der Waals surface area (Å²) in [6.45, 7) is 22.8. The molecule has 0 spiro atoms. The van der Waals surface area contributed by atoms with E-state index in [2.05, 4.69) is 81.0 Å². The number of carbonyl (C=O) groups excluding carboxylic acids is 1. The fourth-order valence-corrected chi connectivity index (χ4v) is 9.53. The number of carbonyl (C=O) groups is 1. The fraction of sp³-hybridized carbons (Fsp3) is 0.867. The average Bonchev–Trinajstić information content (AvgIpc) is 3.41. The quantitative estimate of drug-likeness (QED) is 0.514. The van der Waals surface area contributed by atoms with Crippen LogP contribution in [0.1, 0.15) is 88.5 Å². The summed E-state index contributed by atoms with van der Waals surface area (Å²) in [7, 11) is 0. The number of fused-ring (bicyclic) bond motifs is 3. The van der Waals surface area contributed by atoms with Gasteiger partial charge in [-0.15, -0.1) is 5.73 Å². The molecule has 4 fully saturated rings. The summed E-state index contributed by atoms with van der Waals surface area (Å²) in [5.74, 6) is 1.84. The second kappa shape index (κ2) is 6.65.